The zero-order chi connectivity index (χ0) is 19.8. The van der Waals surface area contributed by atoms with Crippen LogP contribution in [0.1, 0.15) is 36.7 Å². The van der Waals surface area contributed by atoms with Gasteiger partial charge in [-0.1, -0.05) is 44.5 Å². The molecule has 0 aliphatic carbocycles. The Morgan fingerprint density at radius 1 is 1.11 bits per heavy atom. The van der Waals surface area contributed by atoms with Crippen molar-refractivity contribution in [2.75, 3.05) is 5.32 Å². The largest absolute Gasteiger partial charge is 0.321 e. The molecule has 5 heteroatoms. The first kappa shape index (κ1) is 19.2. The van der Waals surface area contributed by atoms with Crippen LogP contribution in [0.15, 0.2) is 53.5 Å². The maximum atomic E-state index is 12.8. The van der Waals surface area contributed by atoms with Gasteiger partial charge in [0.1, 0.15) is 0 Å². The van der Waals surface area contributed by atoms with E-state index in [1.165, 1.54) is 0 Å². The lowest BCUT2D eigenvalue weighted by atomic mass is 9.96. The summed E-state index contributed by atoms with van der Waals surface area (Å²) in [5, 5.41) is 4.73. The van der Waals surface area contributed by atoms with Crippen molar-refractivity contribution < 1.29 is 4.79 Å². The fourth-order valence-corrected chi connectivity index (χ4v) is 3.26. The van der Waals surface area contributed by atoms with Crippen LogP contribution in [0.2, 0.25) is 5.02 Å². The number of rotatable bonds is 3. The van der Waals surface area contributed by atoms with Gasteiger partial charge in [-0.3, -0.25) is 9.59 Å². The molecule has 0 saturated heterocycles. The van der Waals surface area contributed by atoms with Crippen LogP contribution in [-0.2, 0) is 6.54 Å². The maximum Gasteiger partial charge on any atom is 0.258 e. The summed E-state index contributed by atoms with van der Waals surface area (Å²) >= 11 is 6.03. The van der Waals surface area contributed by atoms with Crippen LogP contribution in [0.3, 0.4) is 0 Å². The summed E-state index contributed by atoms with van der Waals surface area (Å²) in [5.74, 6) is -0.249. The molecule has 1 heterocycles. The second kappa shape index (κ2) is 7.20. The van der Waals surface area contributed by atoms with Gasteiger partial charge in [0.2, 0.25) is 0 Å². The number of halogens is 1. The number of nitrogens with one attached hydrogen (secondary N) is 1. The van der Waals surface area contributed by atoms with Gasteiger partial charge in [0.25, 0.3) is 11.5 Å². The molecule has 4 nitrogen and oxygen atoms in total. The third-order valence-electron chi connectivity index (χ3n) is 4.36. The lowest BCUT2D eigenvalue weighted by molar-refractivity contribution is 0.102. The zero-order valence-electron chi connectivity index (χ0n) is 16.0. The molecule has 0 bridgehead atoms. The van der Waals surface area contributed by atoms with Crippen molar-refractivity contribution in [1.82, 2.24) is 4.57 Å². The summed E-state index contributed by atoms with van der Waals surface area (Å²) in [6.07, 6.45) is 1.79. The topological polar surface area (TPSA) is 51.1 Å². The number of hydrogen-bond donors (Lipinski definition) is 1. The van der Waals surface area contributed by atoms with Gasteiger partial charge in [-0.05, 0) is 48.2 Å². The van der Waals surface area contributed by atoms with E-state index in [-0.39, 0.29) is 16.9 Å². The standard InChI is InChI=1S/C22H23ClN2O2/c1-14-8-9-15(23)12-18(14)20(26)24-19-7-5-6-17-16(19)10-11-25(21(17)27)13-22(2,3)4/h5-12H,13H2,1-4H3,(H,24,26). The molecule has 0 spiro atoms. The summed E-state index contributed by atoms with van der Waals surface area (Å²) < 4.78 is 1.72. The lowest BCUT2D eigenvalue weighted by Gasteiger charge is -2.20. The first-order valence-corrected chi connectivity index (χ1v) is 9.23. The fraction of sp³-hybridized carbons (Fsp3) is 0.273. The Labute approximate surface area is 163 Å². The van der Waals surface area contributed by atoms with Gasteiger partial charge < -0.3 is 9.88 Å². The normalized spacial score (nSPS) is 11.6. The highest BCUT2D eigenvalue weighted by Gasteiger charge is 2.15. The van der Waals surface area contributed by atoms with Crippen LogP contribution in [0.4, 0.5) is 5.69 Å². The third-order valence-corrected chi connectivity index (χ3v) is 4.59. The molecule has 0 saturated carbocycles. The number of aromatic nitrogens is 1. The monoisotopic (exact) mass is 382 g/mol. The van der Waals surface area contributed by atoms with Gasteiger partial charge in [0.15, 0.2) is 0 Å². The van der Waals surface area contributed by atoms with Crippen molar-refractivity contribution in [3.8, 4) is 0 Å². The minimum absolute atomic E-state index is 0.00651. The molecule has 2 aromatic carbocycles. The second-order valence-electron chi connectivity index (χ2n) is 7.99. The Kier molecular flexibility index (Phi) is 5.11. The Bertz CT molecular complexity index is 1080. The van der Waals surface area contributed by atoms with E-state index in [1.807, 2.05) is 19.1 Å². The zero-order valence-corrected chi connectivity index (χ0v) is 16.7. The van der Waals surface area contributed by atoms with Gasteiger partial charge in [0, 0.05) is 39.8 Å². The predicted octanol–water partition coefficient (Wildman–Crippen LogP) is 5.26. The van der Waals surface area contributed by atoms with Gasteiger partial charge in [-0.2, -0.15) is 0 Å². The number of fused-ring (bicyclic) bond motifs is 1. The molecule has 3 rings (SSSR count). The van der Waals surface area contributed by atoms with E-state index in [1.54, 1.807) is 41.1 Å². The number of aryl methyl sites for hydroxylation is 1. The van der Waals surface area contributed by atoms with E-state index in [9.17, 15) is 9.59 Å². The average Bonchev–Trinajstić information content (AvgIpc) is 2.59. The first-order chi connectivity index (χ1) is 12.7. The predicted molar refractivity (Wildman–Crippen MR) is 112 cm³/mol. The smallest absolute Gasteiger partial charge is 0.258 e. The number of pyridine rings is 1. The molecule has 0 fully saturated rings. The molecule has 0 aliphatic heterocycles. The molecular formula is C22H23ClN2O2. The number of hydrogen-bond acceptors (Lipinski definition) is 2. The Hall–Kier alpha value is -2.59. The molecular weight excluding hydrogens is 360 g/mol. The van der Waals surface area contributed by atoms with Crippen LogP contribution in [0, 0.1) is 12.3 Å². The Morgan fingerprint density at radius 2 is 1.85 bits per heavy atom. The first-order valence-electron chi connectivity index (χ1n) is 8.85. The minimum atomic E-state index is -0.249. The van der Waals surface area contributed by atoms with E-state index < -0.39 is 0 Å². The van der Waals surface area contributed by atoms with E-state index in [0.717, 1.165) is 10.9 Å². The molecule has 3 aromatic rings. The molecule has 0 aliphatic rings. The summed E-state index contributed by atoms with van der Waals surface area (Å²) in [5.41, 5.74) is 1.90. The van der Waals surface area contributed by atoms with E-state index >= 15 is 0 Å². The van der Waals surface area contributed by atoms with Crippen molar-refractivity contribution in [2.24, 2.45) is 5.41 Å². The number of carbonyl (C=O) groups excluding carboxylic acids is 1. The van der Waals surface area contributed by atoms with Crippen molar-refractivity contribution in [3.05, 3.63) is 75.2 Å². The van der Waals surface area contributed by atoms with Gasteiger partial charge in [-0.25, -0.2) is 0 Å². The highest BCUT2D eigenvalue weighted by Crippen LogP contribution is 2.24. The lowest BCUT2D eigenvalue weighted by Crippen LogP contribution is -2.26. The van der Waals surface area contributed by atoms with Crippen LogP contribution in [0.25, 0.3) is 10.8 Å². The van der Waals surface area contributed by atoms with Crippen LogP contribution < -0.4 is 10.9 Å². The highest BCUT2D eigenvalue weighted by molar-refractivity contribution is 6.31. The average molecular weight is 383 g/mol. The number of nitrogens with zero attached hydrogens (tertiary/aromatic N) is 1. The summed E-state index contributed by atoms with van der Waals surface area (Å²) in [6, 6.07) is 12.5. The second-order valence-corrected chi connectivity index (χ2v) is 8.43. The quantitative estimate of drug-likeness (QED) is 0.671. The molecule has 27 heavy (non-hydrogen) atoms. The van der Waals surface area contributed by atoms with Crippen molar-refractivity contribution in [2.45, 2.75) is 34.2 Å². The van der Waals surface area contributed by atoms with Crippen LogP contribution >= 0.6 is 11.6 Å². The Balaban J connectivity index is 2.01. The van der Waals surface area contributed by atoms with Gasteiger partial charge in [0.05, 0.1) is 0 Å². The van der Waals surface area contributed by atoms with Crippen molar-refractivity contribution >= 4 is 34.0 Å². The SMILES string of the molecule is Cc1ccc(Cl)cc1C(=O)Nc1cccc2c(=O)n(CC(C)(C)C)ccc12. The fourth-order valence-electron chi connectivity index (χ4n) is 3.09. The van der Waals surface area contributed by atoms with E-state index in [2.05, 4.69) is 26.1 Å². The molecule has 1 amide bonds. The summed E-state index contributed by atoms with van der Waals surface area (Å²) in [6.45, 7) is 8.76. The molecule has 1 aromatic heterocycles. The number of benzene rings is 2. The van der Waals surface area contributed by atoms with E-state index in [0.29, 0.717) is 28.2 Å². The number of anilines is 1. The highest BCUT2D eigenvalue weighted by atomic mass is 35.5. The molecule has 0 radical (unpaired) electrons. The minimum Gasteiger partial charge on any atom is -0.321 e. The molecule has 140 valence electrons. The molecule has 1 N–H and O–H groups in total. The number of carbonyl (C=O) groups is 1. The number of amides is 1. The van der Waals surface area contributed by atoms with E-state index in [4.69, 9.17) is 11.6 Å². The summed E-state index contributed by atoms with van der Waals surface area (Å²) in [4.78, 5) is 25.6. The third kappa shape index (κ3) is 4.22. The van der Waals surface area contributed by atoms with Crippen molar-refractivity contribution in [3.63, 3.8) is 0 Å². The van der Waals surface area contributed by atoms with Crippen LogP contribution in [0.5, 0.6) is 0 Å². The molecule has 0 atom stereocenters. The maximum absolute atomic E-state index is 12.8. The van der Waals surface area contributed by atoms with Gasteiger partial charge in [-0.15, -0.1) is 0 Å². The van der Waals surface area contributed by atoms with Crippen molar-refractivity contribution in [1.29, 1.82) is 0 Å². The summed E-state index contributed by atoms with van der Waals surface area (Å²) in [7, 11) is 0. The Morgan fingerprint density at radius 3 is 2.56 bits per heavy atom. The molecule has 0 unspecified atom stereocenters. The van der Waals surface area contributed by atoms with Crippen LogP contribution in [-0.4, -0.2) is 10.5 Å². The van der Waals surface area contributed by atoms with Gasteiger partial charge >= 0.3 is 0 Å².